The summed E-state index contributed by atoms with van der Waals surface area (Å²) in [6, 6.07) is 23.1. The van der Waals surface area contributed by atoms with E-state index >= 15 is 0 Å². The highest BCUT2D eigenvalue weighted by Gasteiger charge is 2.44. The van der Waals surface area contributed by atoms with Crippen molar-refractivity contribution in [1.82, 2.24) is 20.3 Å². The summed E-state index contributed by atoms with van der Waals surface area (Å²) in [7, 11) is 3.37. The predicted octanol–water partition coefficient (Wildman–Crippen LogP) is 3.46. The molecular formula is C28H30N4O4. The van der Waals surface area contributed by atoms with Crippen LogP contribution < -0.4 is 10.1 Å². The van der Waals surface area contributed by atoms with Crippen LogP contribution in [-0.2, 0) is 33.8 Å². The lowest BCUT2D eigenvalue weighted by Gasteiger charge is -2.27. The van der Waals surface area contributed by atoms with Gasteiger partial charge in [0.05, 0.1) is 31.5 Å². The number of nitrogens with zero attached hydrogens (tertiary/aromatic N) is 3. The van der Waals surface area contributed by atoms with Crippen molar-refractivity contribution in [2.75, 3.05) is 14.2 Å². The molecule has 1 aromatic heterocycles. The van der Waals surface area contributed by atoms with Crippen LogP contribution in [0.5, 0.6) is 5.75 Å². The number of amides is 1. The summed E-state index contributed by atoms with van der Waals surface area (Å²) in [5.74, 6) is 0.0295. The van der Waals surface area contributed by atoms with E-state index in [-0.39, 0.29) is 5.91 Å². The van der Waals surface area contributed by atoms with Crippen molar-refractivity contribution in [1.29, 1.82) is 0 Å². The quantitative estimate of drug-likeness (QED) is 0.366. The van der Waals surface area contributed by atoms with Gasteiger partial charge in [0.2, 0.25) is 6.23 Å². The Morgan fingerprint density at radius 2 is 1.78 bits per heavy atom. The molecule has 0 radical (unpaired) electrons. The number of esters is 1. The molecule has 0 bridgehead atoms. The zero-order chi connectivity index (χ0) is 25.5. The van der Waals surface area contributed by atoms with Gasteiger partial charge in [0.25, 0.3) is 5.91 Å². The van der Waals surface area contributed by atoms with Gasteiger partial charge in [-0.2, -0.15) is 5.01 Å². The molecule has 186 valence electrons. The Bertz CT molecular complexity index is 1230. The number of hydrogen-bond acceptors (Lipinski definition) is 7. The SMILES string of the molecule is COc1cccc(CC(NCc2ccccn2)=C2C(=O)N(Cc3ccccc3)N(C)C2OC(C)=O)c1. The molecular weight excluding hydrogens is 456 g/mol. The van der Waals surface area contributed by atoms with Gasteiger partial charge in [-0.05, 0) is 35.4 Å². The second kappa shape index (κ2) is 11.5. The first kappa shape index (κ1) is 24.9. The van der Waals surface area contributed by atoms with Gasteiger partial charge in [0, 0.05) is 32.3 Å². The van der Waals surface area contributed by atoms with Crippen LogP contribution in [0.15, 0.2) is 90.3 Å². The molecule has 1 aliphatic rings. The second-order valence-corrected chi connectivity index (χ2v) is 8.48. The predicted molar refractivity (Wildman–Crippen MR) is 135 cm³/mol. The first-order valence-electron chi connectivity index (χ1n) is 11.7. The molecule has 1 unspecified atom stereocenters. The van der Waals surface area contributed by atoms with Crippen LogP contribution in [0, 0.1) is 0 Å². The number of ether oxygens (including phenoxy) is 2. The number of carbonyl (C=O) groups excluding carboxylic acids is 2. The van der Waals surface area contributed by atoms with Crippen LogP contribution in [0.25, 0.3) is 0 Å². The van der Waals surface area contributed by atoms with Crippen molar-refractivity contribution in [2.24, 2.45) is 0 Å². The van der Waals surface area contributed by atoms with Gasteiger partial charge in [0.1, 0.15) is 5.75 Å². The number of rotatable bonds is 9. The largest absolute Gasteiger partial charge is 0.497 e. The van der Waals surface area contributed by atoms with E-state index in [1.54, 1.807) is 30.4 Å². The topological polar surface area (TPSA) is 84.0 Å². The number of nitrogens with one attached hydrogen (secondary N) is 1. The highest BCUT2D eigenvalue weighted by Crippen LogP contribution is 2.30. The lowest BCUT2D eigenvalue weighted by atomic mass is 10.0. The molecule has 8 heteroatoms. The Balaban J connectivity index is 1.74. The normalized spacial score (nSPS) is 17.1. The number of allylic oxidation sites excluding steroid dienone is 1. The average molecular weight is 487 g/mol. The summed E-state index contributed by atoms with van der Waals surface area (Å²) in [4.78, 5) is 30.3. The van der Waals surface area contributed by atoms with E-state index in [9.17, 15) is 9.59 Å². The molecule has 1 atom stereocenters. The lowest BCUT2D eigenvalue weighted by Crippen LogP contribution is -2.40. The summed E-state index contributed by atoms with van der Waals surface area (Å²) in [6.45, 7) is 2.11. The molecule has 1 fully saturated rings. The van der Waals surface area contributed by atoms with Gasteiger partial charge in [-0.3, -0.25) is 19.6 Å². The molecule has 2 heterocycles. The Morgan fingerprint density at radius 3 is 2.47 bits per heavy atom. The number of hydrogen-bond donors (Lipinski definition) is 1. The van der Waals surface area contributed by atoms with Crippen molar-refractivity contribution < 1.29 is 19.1 Å². The van der Waals surface area contributed by atoms with Crippen molar-refractivity contribution in [3.05, 3.63) is 107 Å². The molecule has 4 rings (SSSR count). The van der Waals surface area contributed by atoms with E-state index in [0.717, 1.165) is 22.6 Å². The summed E-state index contributed by atoms with van der Waals surface area (Å²) in [5, 5.41) is 6.70. The summed E-state index contributed by atoms with van der Waals surface area (Å²) in [5.41, 5.74) is 3.79. The third kappa shape index (κ3) is 5.90. The summed E-state index contributed by atoms with van der Waals surface area (Å²) < 4.78 is 11.1. The maximum atomic E-state index is 13.8. The van der Waals surface area contributed by atoms with Crippen molar-refractivity contribution in [2.45, 2.75) is 32.7 Å². The molecule has 1 aliphatic heterocycles. The Labute approximate surface area is 211 Å². The van der Waals surface area contributed by atoms with E-state index in [4.69, 9.17) is 9.47 Å². The maximum absolute atomic E-state index is 13.8. The third-order valence-electron chi connectivity index (χ3n) is 5.93. The lowest BCUT2D eigenvalue weighted by molar-refractivity contribution is -0.163. The van der Waals surface area contributed by atoms with Gasteiger partial charge in [0.15, 0.2) is 0 Å². The fourth-order valence-corrected chi connectivity index (χ4v) is 4.15. The van der Waals surface area contributed by atoms with E-state index in [1.807, 2.05) is 72.8 Å². The number of benzene rings is 2. The molecule has 0 spiro atoms. The van der Waals surface area contributed by atoms with E-state index < -0.39 is 12.2 Å². The zero-order valence-electron chi connectivity index (χ0n) is 20.7. The third-order valence-corrected chi connectivity index (χ3v) is 5.93. The number of aromatic nitrogens is 1. The first-order valence-corrected chi connectivity index (χ1v) is 11.7. The maximum Gasteiger partial charge on any atom is 0.304 e. The zero-order valence-corrected chi connectivity index (χ0v) is 20.7. The fourth-order valence-electron chi connectivity index (χ4n) is 4.15. The summed E-state index contributed by atoms with van der Waals surface area (Å²) >= 11 is 0. The van der Waals surface area contributed by atoms with Gasteiger partial charge < -0.3 is 14.8 Å². The highest BCUT2D eigenvalue weighted by molar-refractivity contribution is 5.97. The highest BCUT2D eigenvalue weighted by atomic mass is 16.6. The molecule has 0 saturated carbocycles. The summed E-state index contributed by atoms with van der Waals surface area (Å²) in [6.07, 6.45) is 1.27. The van der Waals surface area contributed by atoms with Crippen LogP contribution in [0.1, 0.15) is 23.7 Å². The van der Waals surface area contributed by atoms with Gasteiger partial charge in [-0.1, -0.05) is 48.5 Å². The minimum atomic E-state index is -0.865. The number of hydrazine groups is 1. The van der Waals surface area contributed by atoms with E-state index in [2.05, 4.69) is 10.3 Å². The monoisotopic (exact) mass is 486 g/mol. The van der Waals surface area contributed by atoms with Crippen LogP contribution in [0.4, 0.5) is 0 Å². The molecule has 36 heavy (non-hydrogen) atoms. The molecule has 8 nitrogen and oxygen atoms in total. The standard InChI is InChI=1S/C28H30N4O4/c1-20(33)36-28-26(27(34)32(31(28)2)19-21-10-5-4-6-11-21)25(30-18-23-13-7-8-15-29-23)17-22-12-9-14-24(16-22)35-3/h4-16,28,30H,17-19H2,1-3H3. The average Bonchev–Trinajstić information content (AvgIpc) is 3.11. The van der Waals surface area contributed by atoms with Gasteiger partial charge in [-0.25, -0.2) is 0 Å². The number of likely N-dealkylation sites (N-methyl/N-ethyl adjacent to an activating group) is 1. The van der Waals surface area contributed by atoms with E-state index in [1.165, 1.54) is 6.92 Å². The van der Waals surface area contributed by atoms with Crippen molar-refractivity contribution in [3.63, 3.8) is 0 Å². The number of methoxy groups -OCH3 is 1. The minimum absolute atomic E-state index is 0.223. The smallest absolute Gasteiger partial charge is 0.304 e. The van der Waals surface area contributed by atoms with Gasteiger partial charge in [-0.15, -0.1) is 0 Å². The molecule has 3 aromatic rings. The fraction of sp³-hybridized carbons (Fsp3) is 0.250. The second-order valence-electron chi connectivity index (χ2n) is 8.48. The Kier molecular flexibility index (Phi) is 7.97. The molecule has 1 saturated heterocycles. The van der Waals surface area contributed by atoms with Crippen LogP contribution >= 0.6 is 0 Å². The minimum Gasteiger partial charge on any atom is -0.497 e. The molecule has 2 aromatic carbocycles. The van der Waals surface area contributed by atoms with Gasteiger partial charge >= 0.3 is 5.97 Å². The van der Waals surface area contributed by atoms with Crippen molar-refractivity contribution in [3.8, 4) is 5.75 Å². The van der Waals surface area contributed by atoms with Crippen LogP contribution in [-0.4, -0.2) is 47.3 Å². The van der Waals surface area contributed by atoms with Crippen LogP contribution in [0.3, 0.4) is 0 Å². The van der Waals surface area contributed by atoms with Crippen molar-refractivity contribution >= 4 is 11.9 Å². The first-order chi connectivity index (χ1) is 17.5. The number of carbonyl (C=O) groups is 2. The Morgan fingerprint density at radius 1 is 1.03 bits per heavy atom. The Hall–Kier alpha value is -4.17. The molecule has 1 amide bonds. The van der Waals surface area contributed by atoms with Crippen LogP contribution in [0.2, 0.25) is 0 Å². The number of pyridine rings is 1. The molecule has 0 aliphatic carbocycles. The molecule has 1 N–H and O–H groups in total. The van der Waals surface area contributed by atoms with E-state index in [0.29, 0.717) is 30.8 Å².